The molecule has 17 heteroatoms. The van der Waals surface area contributed by atoms with Gasteiger partial charge in [0.15, 0.2) is 12.2 Å². The predicted octanol–water partition coefficient (Wildman–Crippen LogP) is 3.36. The summed E-state index contributed by atoms with van der Waals surface area (Å²) in [6, 6.07) is 7.28. The number of anilines is 1. The summed E-state index contributed by atoms with van der Waals surface area (Å²) in [7, 11) is 0. The zero-order chi connectivity index (χ0) is 41.3. The molecule has 2 aliphatic carbocycles. The number of benzene rings is 1. The number of amides is 1. The molecule has 2 aliphatic rings. The van der Waals surface area contributed by atoms with Gasteiger partial charge in [0.05, 0.1) is 24.3 Å². The van der Waals surface area contributed by atoms with Gasteiger partial charge in [-0.05, 0) is 107 Å². The van der Waals surface area contributed by atoms with Crippen molar-refractivity contribution in [2.45, 2.75) is 116 Å². The van der Waals surface area contributed by atoms with Crippen LogP contribution < -0.4 is 5.32 Å². The third-order valence-corrected chi connectivity index (χ3v) is 8.45. The number of hydrogen-bond acceptors (Lipinski definition) is 15. The summed E-state index contributed by atoms with van der Waals surface area (Å²) in [4.78, 5) is 70.4. The minimum atomic E-state index is -1.42. The molecule has 4 aromatic rings. The maximum absolute atomic E-state index is 12.8. The molecule has 2 unspecified atom stereocenters. The number of ether oxygens (including phenoxy) is 3. The number of esters is 2. The molecule has 6 rings (SSSR count). The van der Waals surface area contributed by atoms with E-state index in [0.717, 1.165) is 44.2 Å². The Balaban J connectivity index is 0.000000222. The van der Waals surface area contributed by atoms with E-state index < -0.39 is 42.3 Å². The summed E-state index contributed by atoms with van der Waals surface area (Å²) in [6.07, 6.45) is 10.6. The Morgan fingerprint density at radius 2 is 1.04 bits per heavy atom. The fraction of sp³-hybridized carbons (Fsp3) is 0.450. The molecule has 0 bridgehead atoms. The first kappa shape index (κ1) is 43.8. The first-order valence-electron chi connectivity index (χ1n) is 18.7. The molecule has 3 atom stereocenters. The molecule has 0 aliphatic heterocycles. The normalized spacial score (nSPS) is 14.0. The first-order chi connectivity index (χ1) is 27.3. The molecule has 3 heterocycles. The van der Waals surface area contributed by atoms with Crippen molar-refractivity contribution in [3.05, 3.63) is 101 Å². The smallest absolute Gasteiger partial charge is 0.412 e. The van der Waals surface area contributed by atoms with Crippen molar-refractivity contribution in [2.75, 3.05) is 5.32 Å². The van der Waals surface area contributed by atoms with Crippen LogP contribution in [0.3, 0.4) is 0 Å². The van der Waals surface area contributed by atoms with Crippen molar-refractivity contribution in [1.29, 1.82) is 0 Å². The van der Waals surface area contributed by atoms with E-state index in [2.05, 4.69) is 41.3 Å². The largest absolute Gasteiger partial charge is 0.479 e. The van der Waals surface area contributed by atoms with E-state index in [1.807, 2.05) is 0 Å². The van der Waals surface area contributed by atoms with Crippen LogP contribution in [0, 0.1) is 0 Å². The van der Waals surface area contributed by atoms with Crippen molar-refractivity contribution in [3.8, 4) is 0 Å². The SMILES string of the molecule is CC(C)OC(=O)C(O)Cc1ncccn1.CC(C)OC(=O)[C@@H](Cc1ncccn1)OC(=O)Nc1c2c(cc3c1CCC3)CCC2.O=C(O)C(O)Cc1ncccn1. The number of carboxylic acid groups (broad SMARTS) is 1. The van der Waals surface area contributed by atoms with E-state index in [1.54, 1.807) is 70.7 Å². The Morgan fingerprint density at radius 3 is 1.47 bits per heavy atom. The van der Waals surface area contributed by atoms with Gasteiger partial charge in [-0.3, -0.25) is 5.32 Å². The van der Waals surface area contributed by atoms with Crippen LogP contribution >= 0.6 is 0 Å². The minimum Gasteiger partial charge on any atom is -0.479 e. The molecule has 17 nitrogen and oxygen atoms in total. The van der Waals surface area contributed by atoms with Gasteiger partial charge in [-0.25, -0.2) is 49.1 Å². The first-order valence-corrected chi connectivity index (χ1v) is 18.7. The van der Waals surface area contributed by atoms with Gasteiger partial charge in [-0.1, -0.05) is 6.07 Å². The van der Waals surface area contributed by atoms with Gasteiger partial charge in [0, 0.05) is 50.0 Å². The van der Waals surface area contributed by atoms with Crippen molar-refractivity contribution in [3.63, 3.8) is 0 Å². The van der Waals surface area contributed by atoms with Crippen LogP contribution in [0.5, 0.6) is 0 Å². The van der Waals surface area contributed by atoms with Gasteiger partial charge in [0.1, 0.15) is 17.5 Å². The second kappa shape index (κ2) is 22.0. The quantitative estimate of drug-likeness (QED) is 0.112. The number of carbonyl (C=O) groups is 4. The number of hydrogen-bond donors (Lipinski definition) is 4. The number of rotatable bonds is 13. The van der Waals surface area contributed by atoms with E-state index in [4.69, 9.17) is 24.4 Å². The number of aromatic nitrogens is 6. The number of aryl methyl sites for hydroxylation is 2. The summed E-state index contributed by atoms with van der Waals surface area (Å²) in [5, 5.41) is 29.7. The summed E-state index contributed by atoms with van der Waals surface area (Å²) in [5.41, 5.74) is 5.94. The molecule has 0 spiro atoms. The topological polar surface area (TPSA) is 246 Å². The van der Waals surface area contributed by atoms with Crippen molar-refractivity contribution >= 4 is 29.7 Å². The van der Waals surface area contributed by atoms with E-state index >= 15 is 0 Å². The van der Waals surface area contributed by atoms with Gasteiger partial charge < -0.3 is 29.5 Å². The summed E-state index contributed by atoms with van der Waals surface area (Å²) >= 11 is 0. The second-order valence-electron chi connectivity index (χ2n) is 13.7. The number of aliphatic hydroxyl groups excluding tert-OH is 2. The zero-order valence-electron chi connectivity index (χ0n) is 32.4. The summed E-state index contributed by atoms with van der Waals surface area (Å²) < 4.78 is 15.7. The molecule has 57 heavy (non-hydrogen) atoms. The molecule has 1 aromatic carbocycles. The number of nitrogens with zero attached hydrogens (tertiary/aromatic N) is 6. The lowest BCUT2D eigenvalue weighted by Gasteiger charge is -2.20. The number of aliphatic hydroxyl groups is 2. The van der Waals surface area contributed by atoms with Crippen molar-refractivity contribution < 1.29 is 48.7 Å². The average molecular weight is 788 g/mol. The molecule has 4 N–H and O–H groups in total. The van der Waals surface area contributed by atoms with E-state index in [1.165, 1.54) is 34.6 Å². The highest BCUT2D eigenvalue weighted by Gasteiger charge is 2.30. The molecule has 304 valence electrons. The third kappa shape index (κ3) is 14.3. The maximum atomic E-state index is 12.8. The molecular formula is C40H49N7O10. The molecule has 0 saturated heterocycles. The molecule has 0 fully saturated rings. The molecular weight excluding hydrogens is 738 g/mol. The number of carboxylic acids is 1. The van der Waals surface area contributed by atoms with Crippen LogP contribution in [0.15, 0.2) is 61.4 Å². The van der Waals surface area contributed by atoms with Crippen LogP contribution in [0.4, 0.5) is 10.5 Å². The fourth-order valence-corrected chi connectivity index (χ4v) is 6.01. The standard InChI is InChI=1S/C23H27N3O4.C10H14N2O3.C7H8N2O3/c1-14(2)29-22(27)19(13-20-24-10-5-11-25-20)30-23(28)26-21-17-8-3-6-15(17)12-16-7-4-9-18(16)21;1-7(2)15-10(14)8(13)6-9-11-4-3-5-12-9;10-5(7(11)12)4-6-8-2-1-3-9-6/h5,10-12,14,19H,3-4,6-9,13H2,1-2H3,(H,26,28);3-5,7-8,13H,6H2,1-2H3;1-3,5,10H,4H2,(H,11,12)/t19-;;/m1../s1. The third-order valence-electron chi connectivity index (χ3n) is 8.45. The molecule has 1 amide bonds. The molecule has 3 aromatic heterocycles. The van der Waals surface area contributed by atoms with E-state index in [-0.39, 0.29) is 31.5 Å². The van der Waals surface area contributed by atoms with Gasteiger partial charge >= 0.3 is 24.0 Å². The van der Waals surface area contributed by atoms with Crippen molar-refractivity contribution in [1.82, 2.24) is 29.9 Å². The Labute approximate surface area is 330 Å². The van der Waals surface area contributed by atoms with Gasteiger partial charge in [0.25, 0.3) is 0 Å². The number of fused-ring (bicyclic) bond motifs is 2. The average Bonchev–Trinajstić information content (AvgIpc) is 3.86. The predicted molar refractivity (Wildman–Crippen MR) is 204 cm³/mol. The summed E-state index contributed by atoms with van der Waals surface area (Å²) in [6.45, 7) is 6.96. The minimum absolute atomic E-state index is 0.0594. The lowest BCUT2D eigenvalue weighted by atomic mass is 9.99. The van der Waals surface area contributed by atoms with Gasteiger partial charge in [-0.15, -0.1) is 0 Å². The van der Waals surface area contributed by atoms with Crippen LogP contribution in [0.2, 0.25) is 0 Å². The highest BCUT2D eigenvalue weighted by atomic mass is 16.6. The number of aliphatic carboxylic acids is 1. The summed E-state index contributed by atoms with van der Waals surface area (Å²) in [5.74, 6) is -1.34. The second-order valence-corrected chi connectivity index (χ2v) is 13.7. The Hall–Kier alpha value is -5.94. The highest BCUT2D eigenvalue weighted by Crippen LogP contribution is 2.38. The van der Waals surface area contributed by atoms with Crippen LogP contribution in [-0.4, -0.2) is 99.7 Å². The Bertz CT molecular complexity index is 1890. The lowest BCUT2D eigenvalue weighted by Crippen LogP contribution is -2.35. The Kier molecular flexibility index (Phi) is 16.9. The fourth-order valence-electron chi connectivity index (χ4n) is 6.01. The monoisotopic (exact) mass is 787 g/mol. The van der Waals surface area contributed by atoms with Gasteiger partial charge in [-0.2, -0.15) is 0 Å². The van der Waals surface area contributed by atoms with Crippen molar-refractivity contribution in [2.24, 2.45) is 0 Å². The van der Waals surface area contributed by atoms with Crippen LogP contribution in [-0.2, 0) is 73.5 Å². The molecule has 0 radical (unpaired) electrons. The maximum Gasteiger partial charge on any atom is 0.412 e. The van der Waals surface area contributed by atoms with E-state index in [9.17, 15) is 24.3 Å². The highest BCUT2D eigenvalue weighted by molar-refractivity contribution is 5.90. The Morgan fingerprint density at radius 1 is 0.614 bits per heavy atom. The van der Waals surface area contributed by atoms with E-state index in [0.29, 0.717) is 17.5 Å². The van der Waals surface area contributed by atoms with Gasteiger partial charge in [0.2, 0.25) is 6.10 Å². The zero-order valence-corrected chi connectivity index (χ0v) is 32.4. The number of carbonyl (C=O) groups excluding carboxylic acids is 3. The number of nitrogens with one attached hydrogen (secondary N) is 1. The van der Waals surface area contributed by atoms with Crippen LogP contribution in [0.25, 0.3) is 0 Å². The molecule has 0 saturated carbocycles. The lowest BCUT2D eigenvalue weighted by molar-refractivity contribution is -0.158. The van der Waals surface area contributed by atoms with Crippen LogP contribution in [0.1, 0.15) is 80.3 Å².